The van der Waals surface area contributed by atoms with Gasteiger partial charge < -0.3 is 9.47 Å². The van der Waals surface area contributed by atoms with Crippen LogP contribution in [0, 0.1) is 12.8 Å². The molecule has 0 spiro atoms. The number of benzene rings is 2. The van der Waals surface area contributed by atoms with E-state index in [1.54, 1.807) is 6.08 Å². The first-order valence-corrected chi connectivity index (χ1v) is 13.6. The van der Waals surface area contributed by atoms with Crippen LogP contribution in [0.2, 0.25) is 0 Å². The number of allylic oxidation sites excluding steroid dienone is 1. The second-order valence-corrected chi connectivity index (χ2v) is 10.5. The van der Waals surface area contributed by atoms with Crippen molar-refractivity contribution >= 4 is 29.0 Å². The smallest absolute Gasteiger partial charge is 0.293 e. The minimum absolute atomic E-state index is 0.175. The van der Waals surface area contributed by atoms with E-state index >= 15 is 0 Å². The van der Waals surface area contributed by atoms with E-state index in [2.05, 4.69) is 37.8 Å². The van der Waals surface area contributed by atoms with E-state index in [-0.39, 0.29) is 11.1 Å². The average molecular weight is 506 g/mol. The fourth-order valence-electron chi connectivity index (χ4n) is 4.78. The van der Waals surface area contributed by atoms with E-state index in [0.29, 0.717) is 48.5 Å². The van der Waals surface area contributed by atoms with Gasteiger partial charge in [0.15, 0.2) is 11.5 Å². The Balaban J connectivity index is 1.57. The second-order valence-electron chi connectivity index (χ2n) is 9.50. The molecule has 0 N–H and O–H groups in total. The van der Waals surface area contributed by atoms with Crippen molar-refractivity contribution in [3.8, 4) is 11.5 Å². The number of rotatable bonds is 10. The van der Waals surface area contributed by atoms with E-state index < -0.39 is 0 Å². The number of amides is 2. The molecule has 36 heavy (non-hydrogen) atoms. The molecule has 190 valence electrons. The molecule has 1 saturated heterocycles. The molecule has 1 saturated carbocycles. The van der Waals surface area contributed by atoms with Gasteiger partial charge in [-0.1, -0.05) is 55.2 Å². The highest BCUT2D eigenvalue weighted by Crippen LogP contribution is 2.38. The Labute approximate surface area is 218 Å². The summed E-state index contributed by atoms with van der Waals surface area (Å²) in [5, 5.41) is -0.175. The van der Waals surface area contributed by atoms with Crippen molar-refractivity contribution in [1.29, 1.82) is 0 Å². The minimum atomic E-state index is -0.196. The van der Waals surface area contributed by atoms with Crippen LogP contribution in [-0.2, 0) is 17.8 Å². The summed E-state index contributed by atoms with van der Waals surface area (Å²) in [6.07, 6.45) is 10.0. The van der Waals surface area contributed by atoms with Crippen molar-refractivity contribution in [3.05, 3.63) is 76.2 Å². The molecule has 2 amide bonds. The van der Waals surface area contributed by atoms with Crippen LogP contribution in [0.4, 0.5) is 4.79 Å². The molecule has 0 atom stereocenters. The minimum Gasteiger partial charge on any atom is -0.490 e. The number of nitrogens with zero attached hydrogens (tertiary/aromatic N) is 1. The summed E-state index contributed by atoms with van der Waals surface area (Å²) in [7, 11) is 0. The summed E-state index contributed by atoms with van der Waals surface area (Å²) in [5.41, 5.74) is 4.01. The number of imide groups is 1. The molecule has 0 unspecified atom stereocenters. The number of ether oxygens (including phenoxy) is 2. The Morgan fingerprint density at radius 3 is 2.53 bits per heavy atom. The zero-order valence-corrected chi connectivity index (χ0v) is 22.1. The molecule has 2 fully saturated rings. The molecule has 5 nitrogen and oxygen atoms in total. The van der Waals surface area contributed by atoms with Crippen LogP contribution in [0.25, 0.3) is 6.08 Å². The van der Waals surface area contributed by atoms with Crippen LogP contribution in [0.15, 0.2) is 54.0 Å². The number of hydrogen-bond donors (Lipinski definition) is 0. The van der Waals surface area contributed by atoms with Crippen LogP contribution in [0.5, 0.6) is 11.5 Å². The predicted molar refractivity (Wildman–Crippen MR) is 146 cm³/mol. The molecular weight excluding hydrogens is 470 g/mol. The largest absolute Gasteiger partial charge is 0.490 e. The first-order chi connectivity index (χ1) is 17.5. The lowest BCUT2D eigenvalue weighted by atomic mass is 9.89. The van der Waals surface area contributed by atoms with Crippen molar-refractivity contribution in [2.45, 2.75) is 59.0 Å². The number of aryl methyl sites for hydroxylation is 1. The maximum Gasteiger partial charge on any atom is 0.293 e. The molecule has 0 bridgehead atoms. The van der Waals surface area contributed by atoms with Gasteiger partial charge in [0.25, 0.3) is 11.1 Å². The van der Waals surface area contributed by atoms with Gasteiger partial charge in [0.1, 0.15) is 6.61 Å². The van der Waals surface area contributed by atoms with Crippen LogP contribution < -0.4 is 9.47 Å². The van der Waals surface area contributed by atoms with Gasteiger partial charge in [-0.05, 0) is 80.1 Å². The second kappa shape index (κ2) is 12.3. The molecule has 1 heterocycles. The van der Waals surface area contributed by atoms with Crippen molar-refractivity contribution in [2.75, 3.05) is 13.2 Å². The lowest BCUT2D eigenvalue weighted by molar-refractivity contribution is -0.123. The molecule has 1 aliphatic carbocycles. The molecule has 1 aliphatic heterocycles. The maximum atomic E-state index is 13.1. The molecule has 2 aromatic carbocycles. The van der Waals surface area contributed by atoms with Gasteiger partial charge in [0.05, 0.1) is 11.5 Å². The molecular formula is C30H35NO4S. The summed E-state index contributed by atoms with van der Waals surface area (Å²) in [4.78, 5) is 27.7. The van der Waals surface area contributed by atoms with E-state index in [0.717, 1.165) is 41.3 Å². The van der Waals surface area contributed by atoms with E-state index in [9.17, 15) is 9.59 Å². The molecule has 2 aromatic rings. The van der Waals surface area contributed by atoms with Gasteiger partial charge in [0, 0.05) is 12.1 Å². The van der Waals surface area contributed by atoms with Gasteiger partial charge in [-0.25, -0.2) is 0 Å². The van der Waals surface area contributed by atoms with Gasteiger partial charge in [0.2, 0.25) is 0 Å². The number of hydrogen-bond acceptors (Lipinski definition) is 5. The standard InChI is InChI=1S/C30H35NO4S/c1-4-9-25-16-24(17-26(34-5-2)28(25)35-20-23-14-12-21(3)13-15-23)18-27-29(32)31(30(33)36-27)19-22-10-7-6-8-11-22/h4,12-18,22H,1,5-11,19-20H2,2-3H3/b27-18+. The van der Waals surface area contributed by atoms with Crippen LogP contribution in [-0.4, -0.2) is 29.2 Å². The van der Waals surface area contributed by atoms with Crippen LogP contribution in [0.3, 0.4) is 0 Å². The SMILES string of the molecule is C=CCc1cc(/C=C2/SC(=O)N(CC3CCCCC3)C2=O)cc(OCC)c1OCc1ccc(C)cc1. The topological polar surface area (TPSA) is 55.8 Å². The Kier molecular flexibility index (Phi) is 8.92. The van der Waals surface area contributed by atoms with Crippen molar-refractivity contribution in [3.63, 3.8) is 0 Å². The molecule has 6 heteroatoms. The fourth-order valence-corrected chi connectivity index (χ4v) is 5.63. The molecule has 0 radical (unpaired) electrons. The summed E-state index contributed by atoms with van der Waals surface area (Å²) in [5.74, 6) is 1.52. The lowest BCUT2D eigenvalue weighted by Crippen LogP contribution is -2.34. The Hall–Kier alpha value is -2.99. The molecule has 0 aromatic heterocycles. The summed E-state index contributed by atoms with van der Waals surface area (Å²) in [6, 6.07) is 12.1. The van der Waals surface area contributed by atoms with Gasteiger partial charge in [-0.3, -0.25) is 14.5 Å². The third-order valence-electron chi connectivity index (χ3n) is 6.66. The van der Waals surface area contributed by atoms with Gasteiger partial charge >= 0.3 is 0 Å². The highest BCUT2D eigenvalue weighted by atomic mass is 32.2. The van der Waals surface area contributed by atoms with Crippen LogP contribution in [0.1, 0.15) is 61.3 Å². The zero-order chi connectivity index (χ0) is 25.5. The highest BCUT2D eigenvalue weighted by molar-refractivity contribution is 8.18. The number of thioether (sulfide) groups is 1. The Bertz CT molecular complexity index is 1130. The van der Waals surface area contributed by atoms with Crippen LogP contribution >= 0.6 is 11.8 Å². The predicted octanol–water partition coefficient (Wildman–Crippen LogP) is 7.32. The summed E-state index contributed by atoms with van der Waals surface area (Å²) >= 11 is 1.02. The van der Waals surface area contributed by atoms with Gasteiger partial charge in [-0.2, -0.15) is 0 Å². The van der Waals surface area contributed by atoms with Gasteiger partial charge in [-0.15, -0.1) is 6.58 Å². The Morgan fingerprint density at radius 2 is 1.83 bits per heavy atom. The first kappa shape index (κ1) is 26.1. The lowest BCUT2D eigenvalue weighted by Gasteiger charge is -2.25. The average Bonchev–Trinajstić information content (AvgIpc) is 3.13. The maximum absolute atomic E-state index is 13.1. The van der Waals surface area contributed by atoms with Crippen molar-refractivity contribution in [1.82, 2.24) is 4.90 Å². The van der Waals surface area contributed by atoms with E-state index in [4.69, 9.17) is 9.47 Å². The zero-order valence-electron chi connectivity index (χ0n) is 21.3. The highest BCUT2D eigenvalue weighted by Gasteiger charge is 2.36. The van der Waals surface area contributed by atoms with Crippen molar-refractivity contribution < 1.29 is 19.1 Å². The number of carbonyl (C=O) groups is 2. The quantitative estimate of drug-likeness (QED) is 0.250. The first-order valence-electron chi connectivity index (χ1n) is 12.8. The molecule has 4 rings (SSSR count). The van der Waals surface area contributed by atoms with Crippen molar-refractivity contribution in [2.24, 2.45) is 5.92 Å². The third-order valence-corrected chi connectivity index (χ3v) is 7.57. The normalized spacial score (nSPS) is 17.6. The molecule has 2 aliphatic rings. The van der Waals surface area contributed by atoms with E-state index in [1.807, 2.05) is 25.1 Å². The third kappa shape index (κ3) is 6.41. The summed E-state index contributed by atoms with van der Waals surface area (Å²) in [6.45, 7) is 9.32. The number of carbonyl (C=O) groups excluding carboxylic acids is 2. The Morgan fingerprint density at radius 1 is 1.08 bits per heavy atom. The fraction of sp³-hybridized carbons (Fsp3) is 0.400. The summed E-state index contributed by atoms with van der Waals surface area (Å²) < 4.78 is 12.2. The monoisotopic (exact) mass is 505 g/mol. The van der Waals surface area contributed by atoms with E-state index in [1.165, 1.54) is 29.7 Å².